The quantitative estimate of drug-likeness (QED) is 0.584. The normalized spacial score (nSPS) is 21.1. The minimum absolute atomic E-state index is 0.0575. The first kappa shape index (κ1) is 16.6. The number of sulfonamides is 1. The molecule has 118 valence electrons. The molecule has 21 heavy (non-hydrogen) atoms. The van der Waals surface area contributed by atoms with E-state index in [4.69, 9.17) is 5.84 Å². The van der Waals surface area contributed by atoms with Crippen LogP contribution in [-0.4, -0.2) is 50.8 Å². The van der Waals surface area contributed by atoms with E-state index in [1.165, 1.54) is 36.0 Å². The predicted molar refractivity (Wildman–Crippen MR) is 84.1 cm³/mol. The Labute approximate surface area is 128 Å². The molecule has 1 aliphatic rings. The van der Waals surface area contributed by atoms with Crippen molar-refractivity contribution in [2.24, 2.45) is 5.84 Å². The topological polar surface area (TPSA) is 110 Å². The molecule has 10 heteroatoms. The molecule has 0 saturated carbocycles. The Bertz CT molecular complexity index is 701. The van der Waals surface area contributed by atoms with Gasteiger partial charge in [-0.3, -0.25) is 5.84 Å². The second-order valence-electron chi connectivity index (χ2n) is 4.64. The van der Waals surface area contributed by atoms with Gasteiger partial charge in [0.05, 0.1) is 4.90 Å². The zero-order chi connectivity index (χ0) is 15.7. The number of hydrogen-bond acceptors (Lipinski definition) is 7. The van der Waals surface area contributed by atoms with Gasteiger partial charge >= 0.3 is 0 Å². The van der Waals surface area contributed by atoms with E-state index in [1.807, 2.05) is 0 Å². The molecule has 3 N–H and O–H groups in total. The van der Waals surface area contributed by atoms with Crippen molar-refractivity contribution in [3.05, 3.63) is 24.3 Å². The average Bonchev–Trinajstić information content (AvgIpc) is 2.46. The summed E-state index contributed by atoms with van der Waals surface area (Å²) in [5, 5.41) is -1.02. The highest BCUT2D eigenvalue weighted by molar-refractivity contribution is 8.01. The Hall–Kier alpha value is -0.810. The van der Waals surface area contributed by atoms with Gasteiger partial charge in [0.25, 0.3) is 0 Å². The molecular formula is C11H17N3O4S3. The molecule has 1 unspecified atom stereocenters. The van der Waals surface area contributed by atoms with Crippen LogP contribution in [0.5, 0.6) is 0 Å². The Kier molecular flexibility index (Phi) is 4.83. The number of hydrazine groups is 1. The molecule has 0 spiro atoms. The van der Waals surface area contributed by atoms with Crippen LogP contribution in [-0.2, 0) is 19.9 Å². The molecule has 1 aromatic carbocycles. The number of nitrogens with one attached hydrogen (secondary N) is 1. The van der Waals surface area contributed by atoms with Gasteiger partial charge in [0.2, 0.25) is 10.0 Å². The van der Waals surface area contributed by atoms with E-state index < -0.39 is 25.2 Å². The van der Waals surface area contributed by atoms with E-state index in [0.717, 1.165) is 10.6 Å². The van der Waals surface area contributed by atoms with Crippen molar-refractivity contribution in [1.29, 1.82) is 0 Å². The number of hydrogen-bond donors (Lipinski definition) is 2. The summed E-state index contributed by atoms with van der Waals surface area (Å²) < 4.78 is 50.0. The first-order valence-corrected chi connectivity index (χ1v) is 10.7. The second-order valence-corrected chi connectivity index (χ2v) is 9.89. The summed E-state index contributed by atoms with van der Waals surface area (Å²) in [5.41, 5.74) is 2.98. The fourth-order valence-electron chi connectivity index (χ4n) is 2.04. The van der Waals surface area contributed by atoms with Crippen LogP contribution in [0.25, 0.3) is 0 Å². The van der Waals surface area contributed by atoms with Crippen LogP contribution in [0.1, 0.15) is 0 Å². The molecule has 2 rings (SSSR count). The molecule has 0 bridgehead atoms. The number of nitrogen functional groups attached to an aromatic ring is 1. The van der Waals surface area contributed by atoms with Crippen molar-refractivity contribution in [3.63, 3.8) is 0 Å². The first-order valence-electron chi connectivity index (χ1n) is 6.12. The van der Waals surface area contributed by atoms with Crippen LogP contribution < -0.4 is 11.3 Å². The van der Waals surface area contributed by atoms with E-state index in [0.29, 0.717) is 11.4 Å². The fraction of sp³-hybridized carbons (Fsp3) is 0.455. The van der Waals surface area contributed by atoms with Gasteiger partial charge in [-0.1, -0.05) is 0 Å². The third kappa shape index (κ3) is 3.51. The molecule has 0 aliphatic carbocycles. The highest BCUT2D eigenvalue weighted by atomic mass is 32.2. The monoisotopic (exact) mass is 351 g/mol. The summed E-state index contributed by atoms with van der Waals surface area (Å²) in [6.45, 7) is 0.182. The van der Waals surface area contributed by atoms with Gasteiger partial charge in [-0.2, -0.15) is 16.1 Å². The summed E-state index contributed by atoms with van der Waals surface area (Å²) in [6.07, 6.45) is 1.06. The molecule has 1 atom stereocenters. The summed E-state index contributed by atoms with van der Waals surface area (Å²) in [4.78, 5) is 0.0575. The summed E-state index contributed by atoms with van der Waals surface area (Å²) in [5.74, 6) is 6.07. The van der Waals surface area contributed by atoms with Gasteiger partial charge in [0.1, 0.15) is 5.37 Å². The van der Waals surface area contributed by atoms with E-state index >= 15 is 0 Å². The number of thioether (sulfide) groups is 1. The average molecular weight is 351 g/mol. The van der Waals surface area contributed by atoms with Crippen LogP contribution in [0.3, 0.4) is 0 Å². The Morgan fingerprint density at radius 2 is 1.86 bits per heavy atom. The number of rotatable bonds is 4. The maximum absolute atomic E-state index is 12.6. The van der Waals surface area contributed by atoms with Crippen LogP contribution in [0.2, 0.25) is 0 Å². The van der Waals surface area contributed by atoms with Crippen molar-refractivity contribution in [1.82, 2.24) is 4.31 Å². The zero-order valence-corrected chi connectivity index (χ0v) is 13.8. The Balaban J connectivity index is 2.40. The largest absolute Gasteiger partial charge is 0.324 e. The molecule has 1 saturated heterocycles. The van der Waals surface area contributed by atoms with E-state index in [2.05, 4.69) is 5.43 Å². The van der Waals surface area contributed by atoms with Crippen molar-refractivity contribution in [2.45, 2.75) is 10.3 Å². The van der Waals surface area contributed by atoms with E-state index in [9.17, 15) is 16.8 Å². The number of nitrogens with two attached hydrogens (primary N) is 1. The Morgan fingerprint density at radius 1 is 1.24 bits per heavy atom. The summed E-state index contributed by atoms with van der Waals surface area (Å²) in [6, 6.07) is 5.87. The molecule has 0 aromatic heterocycles. The van der Waals surface area contributed by atoms with Gasteiger partial charge < -0.3 is 5.43 Å². The standard InChI is InChI=1S/C11H17N3O4S3/c1-20(15,16)11-8-19-7-6-14(11)21(17,18)10-4-2-9(13-12)3-5-10/h2-5,11,13H,6-8,12H2,1H3. The molecule has 1 aromatic rings. The lowest BCUT2D eigenvalue weighted by atomic mass is 10.3. The highest BCUT2D eigenvalue weighted by Gasteiger charge is 2.39. The van der Waals surface area contributed by atoms with E-state index in [1.54, 1.807) is 0 Å². The molecule has 7 nitrogen and oxygen atoms in total. The van der Waals surface area contributed by atoms with Crippen molar-refractivity contribution in [3.8, 4) is 0 Å². The number of nitrogens with zero attached hydrogens (tertiary/aromatic N) is 1. The lowest BCUT2D eigenvalue weighted by Crippen LogP contribution is -2.49. The molecule has 1 fully saturated rings. The second kappa shape index (κ2) is 6.13. The third-order valence-electron chi connectivity index (χ3n) is 3.16. The van der Waals surface area contributed by atoms with Gasteiger partial charge in [-0.25, -0.2) is 16.8 Å². The van der Waals surface area contributed by atoms with Crippen LogP contribution in [0.15, 0.2) is 29.2 Å². The maximum Gasteiger partial charge on any atom is 0.244 e. The molecule has 1 aliphatic heterocycles. The highest BCUT2D eigenvalue weighted by Crippen LogP contribution is 2.27. The number of anilines is 1. The van der Waals surface area contributed by atoms with Crippen molar-refractivity contribution < 1.29 is 16.8 Å². The lowest BCUT2D eigenvalue weighted by molar-refractivity contribution is 0.405. The van der Waals surface area contributed by atoms with Crippen molar-refractivity contribution >= 4 is 37.3 Å². The van der Waals surface area contributed by atoms with Gasteiger partial charge in [-0.15, -0.1) is 0 Å². The summed E-state index contributed by atoms with van der Waals surface area (Å²) in [7, 11) is -7.33. The van der Waals surface area contributed by atoms with Gasteiger partial charge in [0, 0.05) is 30.0 Å². The van der Waals surface area contributed by atoms with E-state index in [-0.39, 0.29) is 17.2 Å². The number of benzene rings is 1. The predicted octanol–water partition coefficient (Wildman–Crippen LogP) is 0.0804. The molecule has 1 heterocycles. The Morgan fingerprint density at radius 3 is 2.38 bits per heavy atom. The van der Waals surface area contributed by atoms with Crippen LogP contribution >= 0.6 is 11.8 Å². The van der Waals surface area contributed by atoms with Gasteiger partial charge in [0.15, 0.2) is 9.84 Å². The van der Waals surface area contributed by atoms with Crippen LogP contribution in [0.4, 0.5) is 5.69 Å². The van der Waals surface area contributed by atoms with Crippen molar-refractivity contribution in [2.75, 3.05) is 29.7 Å². The van der Waals surface area contributed by atoms with Gasteiger partial charge in [-0.05, 0) is 24.3 Å². The number of sulfone groups is 1. The maximum atomic E-state index is 12.6. The first-order chi connectivity index (χ1) is 9.76. The van der Waals surface area contributed by atoms with Crippen LogP contribution in [0, 0.1) is 0 Å². The summed E-state index contributed by atoms with van der Waals surface area (Å²) >= 11 is 1.44. The fourth-order valence-corrected chi connectivity index (χ4v) is 7.21. The lowest BCUT2D eigenvalue weighted by Gasteiger charge is -2.32. The third-order valence-corrected chi connectivity index (χ3v) is 7.86. The SMILES string of the molecule is CS(=O)(=O)C1CSCCN1S(=O)(=O)c1ccc(NN)cc1. The smallest absolute Gasteiger partial charge is 0.244 e. The minimum atomic E-state index is -3.85. The molecule has 0 amide bonds. The minimum Gasteiger partial charge on any atom is -0.324 e. The molecule has 0 radical (unpaired) electrons. The molecular weight excluding hydrogens is 334 g/mol. The zero-order valence-electron chi connectivity index (χ0n) is 11.4.